The summed E-state index contributed by atoms with van der Waals surface area (Å²) in [6.45, 7) is 0.750. The summed E-state index contributed by atoms with van der Waals surface area (Å²) in [7, 11) is 0. The average molecular weight is 380 g/mol. The fourth-order valence-electron chi connectivity index (χ4n) is 4.23. The molecule has 0 heterocycles. The molecule has 2 aliphatic rings. The van der Waals surface area contributed by atoms with Gasteiger partial charge in [-0.25, -0.2) is 4.79 Å². The molecular weight excluding hydrogens is 356 g/mol. The van der Waals surface area contributed by atoms with E-state index in [4.69, 9.17) is 15.6 Å². The Kier molecular flexibility index (Phi) is 5.05. The maximum atomic E-state index is 12.1. The third-order valence-corrected chi connectivity index (χ3v) is 5.85. The molecule has 6 heteroatoms. The standard InChI is InChI=1S/C22H24N2O4/c23-20(21(25)26)18-11-13(18)9-10-24-22(27)28-12-19-16-7-3-1-5-14(16)15-6-2-4-8-17(15)19/h1-8,13,18-20H,9-12,23H2,(H,24,27)(H,25,26)/t13?,18?,20-/m0/s1. The fraction of sp³-hybridized carbons (Fsp3) is 0.364. The molecule has 146 valence electrons. The van der Waals surface area contributed by atoms with E-state index < -0.39 is 18.1 Å². The minimum absolute atomic E-state index is 0.0156. The monoisotopic (exact) mass is 380 g/mol. The summed E-state index contributed by atoms with van der Waals surface area (Å²) < 4.78 is 5.49. The number of fused-ring (bicyclic) bond motifs is 3. The number of benzene rings is 2. The highest BCUT2D eigenvalue weighted by molar-refractivity contribution is 5.79. The van der Waals surface area contributed by atoms with E-state index in [0.29, 0.717) is 6.54 Å². The number of carboxylic acids is 1. The van der Waals surface area contributed by atoms with E-state index in [2.05, 4.69) is 29.6 Å². The zero-order valence-corrected chi connectivity index (χ0v) is 15.5. The number of carbonyl (C=O) groups is 2. The number of ether oxygens (including phenoxy) is 1. The minimum Gasteiger partial charge on any atom is -0.480 e. The van der Waals surface area contributed by atoms with Crippen LogP contribution < -0.4 is 11.1 Å². The van der Waals surface area contributed by atoms with Crippen LogP contribution in [0, 0.1) is 11.8 Å². The van der Waals surface area contributed by atoms with E-state index in [-0.39, 0.29) is 24.4 Å². The van der Waals surface area contributed by atoms with Crippen LogP contribution in [0.4, 0.5) is 4.79 Å². The number of nitrogens with two attached hydrogens (primary N) is 1. The molecule has 0 aromatic heterocycles. The van der Waals surface area contributed by atoms with Crippen LogP contribution in [0.15, 0.2) is 48.5 Å². The predicted octanol–water partition coefficient (Wildman–Crippen LogP) is 2.96. The zero-order valence-electron chi connectivity index (χ0n) is 15.5. The van der Waals surface area contributed by atoms with Crippen LogP contribution in [0.1, 0.15) is 29.9 Å². The van der Waals surface area contributed by atoms with Crippen LogP contribution >= 0.6 is 0 Å². The topological polar surface area (TPSA) is 102 Å². The van der Waals surface area contributed by atoms with Crippen LogP contribution in [0.5, 0.6) is 0 Å². The van der Waals surface area contributed by atoms with Gasteiger partial charge in [-0.2, -0.15) is 0 Å². The molecule has 2 unspecified atom stereocenters. The van der Waals surface area contributed by atoms with Crippen LogP contribution in [-0.4, -0.2) is 36.4 Å². The molecule has 28 heavy (non-hydrogen) atoms. The first-order valence-corrected chi connectivity index (χ1v) is 9.63. The highest BCUT2D eigenvalue weighted by Crippen LogP contribution is 2.44. The van der Waals surface area contributed by atoms with Crippen LogP contribution in [0.3, 0.4) is 0 Å². The number of rotatable bonds is 7. The first-order chi connectivity index (χ1) is 13.6. The SMILES string of the molecule is N[C@H](C(=O)O)C1CC1CCNC(=O)OCC1c2ccccc2-c2ccccc21. The van der Waals surface area contributed by atoms with Gasteiger partial charge >= 0.3 is 12.1 Å². The lowest BCUT2D eigenvalue weighted by molar-refractivity contribution is -0.139. The Morgan fingerprint density at radius 2 is 1.71 bits per heavy atom. The van der Waals surface area contributed by atoms with Gasteiger partial charge in [0.15, 0.2) is 0 Å². The molecule has 2 aromatic carbocycles. The Morgan fingerprint density at radius 3 is 2.32 bits per heavy atom. The van der Waals surface area contributed by atoms with Crippen molar-refractivity contribution in [2.75, 3.05) is 13.2 Å². The number of aliphatic carboxylic acids is 1. The summed E-state index contributed by atoms with van der Waals surface area (Å²) in [5.74, 6) is -0.640. The summed E-state index contributed by atoms with van der Waals surface area (Å²) in [5, 5.41) is 11.7. The van der Waals surface area contributed by atoms with Crippen molar-refractivity contribution >= 4 is 12.1 Å². The Balaban J connectivity index is 1.27. The Hall–Kier alpha value is -2.86. The largest absolute Gasteiger partial charge is 0.480 e. The van der Waals surface area contributed by atoms with Crippen molar-refractivity contribution in [2.24, 2.45) is 17.6 Å². The van der Waals surface area contributed by atoms with E-state index in [9.17, 15) is 9.59 Å². The zero-order chi connectivity index (χ0) is 19.7. The van der Waals surface area contributed by atoms with Crippen molar-refractivity contribution in [3.8, 4) is 11.1 Å². The van der Waals surface area contributed by atoms with E-state index in [1.54, 1.807) is 0 Å². The summed E-state index contributed by atoms with van der Waals surface area (Å²) in [6, 6.07) is 15.6. The van der Waals surface area contributed by atoms with Gasteiger partial charge in [0.2, 0.25) is 0 Å². The third-order valence-electron chi connectivity index (χ3n) is 5.85. The molecular formula is C22H24N2O4. The van der Waals surface area contributed by atoms with Crippen LogP contribution in [-0.2, 0) is 9.53 Å². The summed E-state index contributed by atoms with van der Waals surface area (Å²) in [6.07, 6.45) is 1.08. The molecule has 1 saturated carbocycles. The molecule has 0 saturated heterocycles. The Morgan fingerprint density at radius 1 is 1.11 bits per heavy atom. The number of amides is 1. The van der Waals surface area contributed by atoms with Crippen LogP contribution in [0.25, 0.3) is 11.1 Å². The predicted molar refractivity (Wildman–Crippen MR) is 105 cm³/mol. The van der Waals surface area contributed by atoms with Gasteiger partial charge in [0.25, 0.3) is 0 Å². The van der Waals surface area contributed by atoms with Crippen molar-refractivity contribution < 1.29 is 19.4 Å². The first-order valence-electron chi connectivity index (χ1n) is 9.63. The van der Waals surface area contributed by atoms with Crippen molar-refractivity contribution in [2.45, 2.75) is 24.8 Å². The van der Waals surface area contributed by atoms with Crippen molar-refractivity contribution in [1.29, 1.82) is 0 Å². The maximum absolute atomic E-state index is 12.1. The molecule has 3 atom stereocenters. The molecule has 1 fully saturated rings. The quantitative estimate of drug-likeness (QED) is 0.685. The van der Waals surface area contributed by atoms with Gasteiger partial charge in [0.05, 0.1) is 0 Å². The number of alkyl carbamates (subject to hydrolysis) is 1. The lowest BCUT2D eigenvalue weighted by Crippen LogP contribution is -2.33. The number of carboxylic acid groups (broad SMARTS) is 1. The van der Waals surface area contributed by atoms with Crippen molar-refractivity contribution in [3.05, 3.63) is 59.7 Å². The average Bonchev–Trinajstić information content (AvgIpc) is 3.40. The van der Waals surface area contributed by atoms with Gasteiger partial charge in [-0.15, -0.1) is 0 Å². The highest BCUT2D eigenvalue weighted by Gasteiger charge is 2.43. The van der Waals surface area contributed by atoms with Gasteiger partial charge in [-0.3, -0.25) is 4.79 Å². The number of hydrogen-bond acceptors (Lipinski definition) is 4. The molecule has 4 rings (SSSR count). The fourth-order valence-corrected chi connectivity index (χ4v) is 4.23. The van der Waals surface area contributed by atoms with Gasteiger partial charge in [0, 0.05) is 12.5 Å². The molecule has 0 radical (unpaired) electrons. The third kappa shape index (κ3) is 3.60. The lowest BCUT2D eigenvalue weighted by atomic mass is 9.98. The summed E-state index contributed by atoms with van der Waals surface area (Å²) in [5.41, 5.74) is 10.4. The second-order valence-corrected chi connectivity index (χ2v) is 7.56. The molecule has 2 aromatic rings. The van der Waals surface area contributed by atoms with E-state index in [1.807, 2.05) is 24.3 Å². The number of carbonyl (C=O) groups excluding carboxylic acids is 1. The molecule has 6 nitrogen and oxygen atoms in total. The molecule has 2 aliphatic carbocycles. The van der Waals surface area contributed by atoms with Gasteiger partial charge < -0.3 is 20.9 Å². The molecule has 0 bridgehead atoms. The Bertz CT molecular complexity index is 852. The van der Waals surface area contributed by atoms with E-state index in [0.717, 1.165) is 12.8 Å². The molecule has 0 spiro atoms. The summed E-state index contributed by atoms with van der Waals surface area (Å²) >= 11 is 0. The Labute approximate surface area is 163 Å². The minimum atomic E-state index is -0.961. The number of nitrogens with one attached hydrogen (secondary N) is 1. The molecule has 4 N–H and O–H groups in total. The van der Waals surface area contributed by atoms with Gasteiger partial charge in [0.1, 0.15) is 12.6 Å². The van der Waals surface area contributed by atoms with Crippen LogP contribution in [0.2, 0.25) is 0 Å². The van der Waals surface area contributed by atoms with Gasteiger partial charge in [-0.1, -0.05) is 48.5 Å². The first kappa shape index (κ1) is 18.5. The highest BCUT2D eigenvalue weighted by atomic mass is 16.5. The summed E-state index contributed by atoms with van der Waals surface area (Å²) in [4.78, 5) is 23.0. The van der Waals surface area contributed by atoms with E-state index >= 15 is 0 Å². The molecule has 1 amide bonds. The lowest BCUT2D eigenvalue weighted by Gasteiger charge is -2.14. The normalized spacial score (nSPS) is 20.8. The maximum Gasteiger partial charge on any atom is 0.407 e. The second-order valence-electron chi connectivity index (χ2n) is 7.56. The smallest absolute Gasteiger partial charge is 0.407 e. The second kappa shape index (κ2) is 7.64. The van der Waals surface area contributed by atoms with Crippen molar-refractivity contribution in [1.82, 2.24) is 5.32 Å². The van der Waals surface area contributed by atoms with E-state index in [1.165, 1.54) is 22.3 Å². The van der Waals surface area contributed by atoms with Crippen molar-refractivity contribution in [3.63, 3.8) is 0 Å². The molecule has 0 aliphatic heterocycles. The number of hydrogen-bond donors (Lipinski definition) is 3. The van der Waals surface area contributed by atoms with Gasteiger partial charge in [-0.05, 0) is 46.9 Å².